The van der Waals surface area contributed by atoms with Gasteiger partial charge in [0, 0.05) is 33.9 Å². The molecule has 0 spiro atoms. The molecule has 2 aliphatic heterocycles. The lowest BCUT2D eigenvalue weighted by Gasteiger charge is -2.17. The van der Waals surface area contributed by atoms with E-state index in [9.17, 15) is 56.4 Å². The van der Waals surface area contributed by atoms with Crippen molar-refractivity contribution in [3.63, 3.8) is 0 Å². The fourth-order valence-electron chi connectivity index (χ4n) is 5.08. The van der Waals surface area contributed by atoms with Crippen LogP contribution in [0, 0.1) is 48.8 Å². The lowest BCUT2D eigenvalue weighted by molar-refractivity contribution is -0.603. The van der Waals surface area contributed by atoms with Crippen molar-refractivity contribution in [3.05, 3.63) is 73.7 Å². The third-order valence-corrected chi connectivity index (χ3v) is 9.42. The summed E-state index contributed by atoms with van der Waals surface area (Å²) >= 11 is 0. The highest BCUT2D eigenvalue weighted by atomic mass is 32.2. The third-order valence-electron chi connectivity index (χ3n) is 6.92. The van der Waals surface area contributed by atoms with Gasteiger partial charge in [0.1, 0.15) is 11.8 Å². The number of benzene rings is 2. The van der Waals surface area contributed by atoms with Crippen LogP contribution in [0.4, 0.5) is 11.4 Å². The molecule has 20 heteroatoms. The average Bonchev–Trinajstić information content (AvgIpc) is 3.47. The van der Waals surface area contributed by atoms with Gasteiger partial charge >= 0.3 is 26.5 Å². The van der Waals surface area contributed by atoms with Gasteiger partial charge in [-0.25, -0.2) is 0 Å². The Morgan fingerprint density at radius 2 is 1.27 bits per heavy atom. The van der Waals surface area contributed by atoms with Crippen molar-refractivity contribution in [2.75, 3.05) is 6.54 Å². The predicted octanol–water partition coefficient (Wildman–Crippen LogP) is 0.0637. The standard InChI is InChI=1S/C21H15N4O14S2/c26-18-16-14(9-22(29)21(16)38-40(34,35)12-5-1-10(2-6-12)24(30)31)15-17(18)20(28)23(19(15)27)39-41(36,37)13-7-3-11(4-8-13)25(32)33/h1-8,14-17,21H,9H2/q+1. The molecule has 2 aromatic carbocycles. The molecule has 2 aromatic rings. The number of Topliss-reactive ketones (excluding diaryl/α,β-unsaturated/α-hetero) is 1. The summed E-state index contributed by atoms with van der Waals surface area (Å²) in [5.74, 6) is -9.81. The summed E-state index contributed by atoms with van der Waals surface area (Å²) in [5.41, 5.74) is -0.868. The first-order valence-electron chi connectivity index (χ1n) is 11.4. The molecule has 41 heavy (non-hydrogen) atoms. The average molecular weight is 611 g/mol. The molecule has 18 nitrogen and oxygen atoms in total. The fourth-order valence-corrected chi connectivity index (χ4v) is 7.04. The lowest BCUT2D eigenvalue weighted by atomic mass is 9.90. The molecule has 0 bridgehead atoms. The fraction of sp³-hybridized carbons (Fsp3) is 0.286. The number of hydrogen-bond donors (Lipinski definition) is 0. The Bertz CT molecular complexity index is 1760. The highest BCUT2D eigenvalue weighted by Gasteiger charge is 2.73. The van der Waals surface area contributed by atoms with E-state index in [4.69, 9.17) is 4.18 Å². The number of nitro benzene ring substituents is 2. The second-order valence-electron chi connectivity index (χ2n) is 9.14. The van der Waals surface area contributed by atoms with Crippen LogP contribution in [0.1, 0.15) is 0 Å². The summed E-state index contributed by atoms with van der Waals surface area (Å²) in [7, 11) is -9.62. The van der Waals surface area contributed by atoms with Gasteiger partial charge in [0.25, 0.3) is 23.2 Å². The number of ketones is 1. The largest absolute Gasteiger partial charge is 0.329 e. The van der Waals surface area contributed by atoms with Crippen molar-refractivity contribution in [1.82, 2.24) is 5.06 Å². The van der Waals surface area contributed by atoms with Crippen molar-refractivity contribution in [2.24, 2.45) is 23.7 Å². The summed E-state index contributed by atoms with van der Waals surface area (Å²) in [5, 5.41) is 21.5. The molecule has 2 amide bonds. The van der Waals surface area contributed by atoms with Crippen LogP contribution in [0.5, 0.6) is 0 Å². The molecule has 3 aliphatic rings. The minimum atomic E-state index is -4.88. The SMILES string of the molecule is O=C1C2C(=O)N(OS(=O)(=O)c3ccc([N+](=O)[O-])cc3)C(=O)C2C2C[N+](=O)C(OS(=O)(=O)c3ccc([N+](=O)[O-])cc3)C12. The van der Waals surface area contributed by atoms with Crippen molar-refractivity contribution in [2.45, 2.75) is 16.0 Å². The van der Waals surface area contributed by atoms with Gasteiger partial charge in [-0.2, -0.15) is 21.0 Å². The van der Waals surface area contributed by atoms with Crippen LogP contribution < -0.4 is 0 Å². The maximum Gasteiger partial charge on any atom is 0.329 e. The molecular formula is C21H15N4O14S2+. The predicted molar refractivity (Wildman–Crippen MR) is 126 cm³/mol. The molecule has 0 N–H and O–H groups in total. The molecule has 5 rings (SSSR count). The van der Waals surface area contributed by atoms with Crippen LogP contribution in [0.2, 0.25) is 0 Å². The summed E-state index contributed by atoms with van der Waals surface area (Å²) < 4.78 is 60.6. The van der Waals surface area contributed by atoms with Gasteiger partial charge in [-0.05, 0) is 24.3 Å². The van der Waals surface area contributed by atoms with Gasteiger partial charge in [0.05, 0.1) is 31.5 Å². The van der Waals surface area contributed by atoms with Gasteiger partial charge in [0.15, 0.2) is 12.3 Å². The second-order valence-corrected chi connectivity index (χ2v) is 12.2. The number of carbonyl (C=O) groups excluding carboxylic acids is 3. The zero-order chi connectivity index (χ0) is 30.0. The Morgan fingerprint density at radius 3 is 1.76 bits per heavy atom. The number of carbonyl (C=O) groups is 3. The molecule has 3 fully saturated rings. The number of nitro groups is 2. The molecule has 1 aliphatic carbocycles. The number of fused-ring (bicyclic) bond motifs is 3. The van der Waals surface area contributed by atoms with Crippen LogP contribution in [-0.4, -0.2) is 66.9 Å². The molecule has 2 heterocycles. The van der Waals surface area contributed by atoms with Gasteiger partial charge < -0.3 is 0 Å². The minimum Gasteiger partial charge on any atom is -0.298 e. The van der Waals surface area contributed by atoms with E-state index < -0.39 is 105 Å². The molecular weight excluding hydrogens is 596 g/mol. The normalized spacial score (nSPS) is 25.9. The van der Waals surface area contributed by atoms with Crippen LogP contribution in [0.15, 0.2) is 58.3 Å². The van der Waals surface area contributed by atoms with E-state index in [1.54, 1.807) is 0 Å². The van der Waals surface area contributed by atoms with Gasteiger partial charge in [-0.1, -0.05) is 0 Å². The number of nitroso groups, excluding NO2 is 1. The molecule has 5 atom stereocenters. The molecule has 5 unspecified atom stereocenters. The summed E-state index contributed by atoms with van der Waals surface area (Å²) in [6.07, 6.45) is -1.97. The lowest BCUT2D eigenvalue weighted by Crippen LogP contribution is -2.39. The van der Waals surface area contributed by atoms with Crippen LogP contribution in [0.25, 0.3) is 0 Å². The van der Waals surface area contributed by atoms with Crippen LogP contribution in [0.3, 0.4) is 0 Å². The Labute approximate surface area is 228 Å². The van der Waals surface area contributed by atoms with Crippen molar-refractivity contribution in [3.8, 4) is 0 Å². The van der Waals surface area contributed by atoms with Crippen molar-refractivity contribution < 1.29 is 54.3 Å². The minimum absolute atomic E-state index is 0.0985. The van der Waals surface area contributed by atoms with E-state index in [2.05, 4.69) is 4.28 Å². The smallest absolute Gasteiger partial charge is 0.298 e. The highest BCUT2D eigenvalue weighted by Crippen LogP contribution is 2.50. The Balaban J connectivity index is 1.36. The first-order chi connectivity index (χ1) is 19.1. The Kier molecular flexibility index (Phi) is 6.52. The number of nitrogens with zero attached hydrogens (tertiary/aromatic N) is 4. The Morgan fingerprint density at radius 1 is 0.780 bits per heavy atom. The summed E-state index contributed by atoms with van der Waals surface area (Å²) in [4.78, 5) is 70.8. The van der Waals surface area contributed by atoms with Crippen LogP contribution in [-0.2, 0) is 43.1 Å². The number of non-ortho nitro benzene ring substituents is 2. The topological polar surface area (TPSA) is 248 Å². The van der Waals surface area contributed by atoms with Gasteiger partial charge in [0.2, 0.25) is 0 Å². The van der Waals surface area contributed by atoms with Gasteiger partial charge in [-0.15, -0.1) is 9.35 Å². The van der Waals surface area contributed by atoms with E-state index in [1.807, 2.05) is 0 Å². The molecule has 214 valence electrons. The van der Waals surface area contributed by atoms with E-state index >= 15 is 0 Å². The first-order valence-corrected chi connectivity index (χ1v) is 14.2. The van der Waals surface area contributed by atoms with Crippen molar-refractivity contribution >= 4 is 49.2 Å². The molecule has 0 aromatic heterocycles. The molecule has 0 radical (unpaired) electrons. The van der Waals surface area contributed by atoms with E-state index in [0.717, 1.165) is 48.5 Å². The van der Waals surface area contributed by atoms with Gasteiger partial charge in [-0.3, -0.25) is 34.6 Å². The number of amides is 2. The number of rotatable bonds is 8. The third kappa shape index (κ3) is 4.55. The first kappa shape index (κ1) is 28.0. The maximum atomic E-state index is 13.2. The number of imide groups is 1. The maximum absolute atomic E-state index is 13.2. The number of hydrogen-bond acceptors (Lipinski definition) is 14. The monoisotopic (exact) mass is 611 g/mol. The van der Waals surface area contributed by atoms with E-state index in [1.165, 1.54) is 0 Å². The molecule has 2 saturated heterocycles. The quantitative estimate of drug-likeness (QED) is 0.0956. The number of hydroxylamine groups is 2. The van der Waals surface area contributed by atoms with E-state index in [0.29, 0.717) is 0 Å². The zero-order valence-electron chi connectivity index (χ0n) is 20.0. The highest BCUT2D eigenvalue weighted by molar-refractivity contribution is 7.87. The second kappa shape index (κ2) is 9.54. The van der Waals surface area contributed by atoms with Crippen LogP contribution >= 0.6 is 0 Å². The zero-order valence-corrected chi connectivity index (χ0v) is 21.7. The van der Waals surface area contributed by atoms with Crippen molar-refractivity contribution in [1.29, 1.82) is 0 Å². The summed E-state index contributed by atoms with van der Waals surface area (Å²) in [6, 6.07) is 6.77. The van der Waals surface area contributed by atoms with E-state index in [-0.39, 0.29) is 9.82 Å². The summed E-state index contributed by atoms with van der Waals surface area (Å²) in [6.45, 7) is -0.625. The molecule has 1 saturated carbocycles. The Hall–Kier alpha value is -4.53.